The standard InChI is InChI=1S/C36H41N3O5S/c1-5-28(4)37-36(41)34(6-2)38(25-29-13-9-7-10-14-29)35(40)26-39(45(42,43)33-23-17-27(3)18-24-33)30-19-21-32(22-20-30)44-31-15-11-8-12-16-31/h7-24,28,34H,5-6,25-26H2,1-4H3,(H,37,41)/t28-,34-/m0/s1. The molecule has 9 heteroatoms. The van der Waals surface area contributed by atoms with Crippen LogP contribution in [-0.4, -0.2) is 43.8 Å². The number of sulfonamides is 1. The van der Waals surface area contributed by atoms with E-state index in [-0.39, 0.29) is 23.4 Å². The van der Waals surface area contributed by atoms with Gasteiger partial charge >= 0.3 is 0 Å². The number of carbonyl (C=O) groups is 2. The molecule has 45 heavy (non-hydrogen) atoms. The highest BCUT2D eigenvalue weighted by atomic mass is 32.2. The maximum absolute atomic E-state index is 14.2. The van der Waals surface area contributed by atoms with E-state index < -0.39 is 28.5 Å². The number of aryl methyl sites for hydroxylation is 1. The van der Waals surface area contributed by atoms with Crippen molar-refractivity contribution in [3.63, 3.8) is 0 Å². The summed E-state index contributed by atoms with van der Waals surface area (Å²) in [6.45, 7) is 7.25. The number of amides is 2. The van der Waals surface area contributed by atoms with Gasteiger partial charge in [0, 0.05) is 12.6 Å². The topological polar surface area (TPSA) is 96.0 Å². The summed E-state index contributed by atoms with van der Waals surface area (Å²) in [6, 6.07) is 30.8. The Morgan fingerprint density at radius 1 is 0.778 bits per heavy atom. The molecule has 0 fully saturated rings. The van der Waals surface area contributed by atoms with Gasteiger partial charge < -0.3 is 15.0 Å². The first-order valence-electron chi connectivity index (χ1n) is 15.2. The lowest BCUT2D eigenvalue weighted by atomic mass is 10.1. The predicted molar refractivity (Wildman–Crippen MR) is 178 cm³/mol. The van der Waals surface area contributed by atoms with Crippen LogP contribution in [0.2, 0.25) is 0 Å². The van der Waals surface area contributed by atoms with Crippen molar-refractivity contribution in [2.75, 3.05) is 10.8 Å². The number of hydrogen-bond acceptors (Lipinski definition) is 5. The van der Waals surface area contributed by atoms with Gasteiger partial charge in [0.25, 0.3) is 10.0 Å². The van der Waals surface area contributed by atoms with Crippen LogP contribution >= 0.6 is 0 Å². The Bertz CT molecular complexity index is 1640. The van der Waals surface area contributed by atoms with Crippen LogP contribution in [0.15, 0.2) is 114 Å². The molecule has 0 aliphatic heterocycles. The Morgan fingerprint density at radius 3 is 1.93 bits per heavy atom. The summed E-state index contributed by atoms with van der Waals surface area (Å²) in [7, 11) is -4.18. The van der Waals surface area contributed by atoms with Gasteiger partial charge in [0.15, 0.2) is 0 Å². The van der Waals surface area contributed by atoms with Gasteiger partial charge in [-0.3, -0.25) is 13.9 Å². The second kappa shape index (κ2) is 15.4. The molecule has 0 bridgehead atoms. The minimum atomic E-state index is -4.18. The first kappa shape index (κ1) is 33.3. The van der Waals surface area contributed by atoms with E-state index in [1.807, 2.05) is 88.4 Å². The molecule has 1 N–H and O–H groups in total. The van der Waals surface area contributed by atoms with Crippen LogP contribution in [0.3, 0.4) is 0 Å². The summed E-state index contributed by atoms with van der Waals surface area (Å²) in [4.78, 5) is 29.2. The molecule has 0 radical (unpaired) electrons. The number of nitrogens with zero attached hydrogens (tertiary/aromatic N) is 2. The van der Waals surface area contributed by atoms with Crippen molar-refractivity contribution in [2.24, 2.45) is 0 Å². The molecule has 4 rings (SSSR count). The van der Waals surface area contributed by atoms with Crippen LogP contribution in [0.5, 0.6) is 11.5 Å². The van der Waals surface area contributed by atoms with Crippen LogP contribution in [0.4, 0.5) is 5.69 Å². The summed E-state index contributed by atoms with van der Waals surface area (Å²) < 4.78 is 35.3. The molecule has 0 aliphatic rings. The zero-order chi connectivity index (χ0) is 32.4. The molecule has 4 aromatic rings. The molecular weight excluding hydrogens is 586 g/mol. The van der Waals surface area contributed by atoms with Gasteiger partial charge in [-0.1, -0.05) is 80.1 Å². The molecule has 0 aromatic heterocycles. The molecule has 2 atom stereocenters. The molecule has 0 saturated carbocycles. The Kier molecular flexibility index (Phi) is 11.4. The van der Waals surface area contributed by atoms with E-state index >= 15 is 0 Å². The van der Waals surface area contributed by atoms with Crippen molar-refractivity contribution in [2.45, 2.75) is 64.1 Å². The summed E-state index contributed by atoms with van der Waals surface area (Å²) in [6.07, 6.45) is 1.10. The van der Waals surface area contributed by atoms with E-state index in [0.717, 1.165) is 21.9 Å². The number of carbonyl (C=O) groups excluding carboxylic acids is 2. The molecule has 8 nitrogen and oxygen atoms in total. The second-order valence-corrected chi connectivity index (χ2v) is 12.8. The SMILES string of the molecule is CC[C@H](C)NC(=O)[C@H](CC)N(Cc1ccccc1)C(=O)CN(c1ccc(Oc2ccccc2)cc1)S(=O)(=O)c1ccc(C)cc1. The van der Waals surface area contributed by atoms with Crippen molar-refractivity contribution in [3.8, 4) is 11.5 Å². The molecule has 4 aromatic carbocycles. The Hall–Kier alpha value is -4.63. The predicted octanol–water partition coefficient (Wildman–Crippen LogP) is 6.70. The summed E-state index contributed by atoms with van der Waals surface area (Å²) in [5, 5.41) is 3.00. The molecule has 0 spiro atoms. The number of ether oxygens (including phenoxy) is 1. The number of para-hydroxylation sites is 1. The zero-order valence-corrected chi connectivity index (χ0v) is 27.0. The van der Waals surface area contributed by atoms with Crippen LogP contribution in [0.1, 0.15) is 44.7 Å². The average molecular weight is 628 g/mol. The number of rotatable bonds is 14. The number of nitrogens with one attached hydrogen (secondary N) is 1. The van der Waals surface area contributed by atoms with E-state index in [9.17, 15) is 18.0 Å². The van der Waals surface area contributed by atoms with Crippen molar-refractivity contribution < 1.29 is 22.7 Å². The normalized spacial score (nSPS) is 12.5. The van der Waals surface area contributed by atoms with Gasteiger partial charge in [-0.15, -0.1) is 0 Å². The van der Waals surface area contributed by atoms with E-state index in [2.05, 4.69) is 5.32 Å². The molecule has 0 saturated heterocycles. The van der Waals surface area contributed by atoms with Crippen LogP contribution in [-0.2, 0) is 26.2 Å². The third kappa shape index (κ3) is 8.73. The van der Waals surface area contributed by atoms with E-state index in [4.69, 9.17) is 4.74 Å². The number of hydrogen-bond donors (Lipinski definition) is 1. The smallest absolute Gasteiger partial charge is 0.264 e. The summed E-state index contributed by atoms with van der Waals surface area (Å²) in [5.41, 5.74) is 2.03. The van der Waals surface area contributed by atoms with E-state index in [0.29, 0.717) is 23.6 Å². The lowest BCUT2D eigenvalue weighted by Gasteiger charge is -2.33. The molecule has 0 aliphatic carbocycles. The number of anilines is 1. The monoisotopic (exact) mass is 627 g/mol. The Morgan fingerprint density at radius 2 is 1.36 bits per heavy atom. The zero-order valence-electron chi connectivity index (χ0n) is 26.2. The molecular formula is C36H41N3O5S. The van der Waals surface area contributed by atoms with Crippen molar-refractivity contribution in [1.29, 1.82) is 0 Å². The highest BCUT2D eigenvalue weighted by Crippen LogP contribution is 2.29. The first-order valence-corrected chi connectivity index (χ1v) is 16.6. The third-order valence-corrected chi connectivity index (χ3v) is 9.36. The average Bonchev–Trinajstić information content (AvgIpc) is 3.05. The van der Waals surface area contributed by atoms with E-state index in [1.54, 1.807) is 36.4 Å². The van der Waals surface area contributed by atoms with Gasteiger partial charge in [0.05, 0.1) is 10.6 Å². The third-order valence-electron chi connectivity index (χ3n) is 7.57. The molecule has 2 amide bonds. The second-order valence-electron chi connectivity index (χ2n) is 11.0. The minimum absolute atomic E-state index is 0.0571. The molecule has 0 heterocycles. The van der Waals surface area contributed by atoms with Crippen LogP contribution < -0.4 is 14.4 Å². The van der Waals surface area contributed by atoms with Crippen LogP contribution in [0, 0.1) is 6.92 Å². The largest absolute Gasteiger partial charge is 0.457 e. The maximum atomic E-state index is 14.2. The summed E-state index contributed by atoms with van der Waals surface area (Å²) in [5.74, 6) is 0.390. The van der Waals surface area contributed by atoms with Crippen molar-refractivity contribution >= 4 is 27.5 Å². The number of benzene rings is 4. The maximum Gasteiger partial charge on any atom is 0.264 e. The minimum Gasteiger partial charge on any atom is -0.457 e. The fraction of sp³-hybridized carbons (Fsp3) is 0.278. The Balaban J connectivity index is 1.71. The van der Waals surface area contributed by atoms with Crippen molar-refractivity contribution in [3.05, 3.63) is 120 Å². The highest BCUT2D eigenvalue weighted by Gasteiger charge is 2.34. The van der Waals surface area contributed by atoms with Gasteiger partial charge in [0.1, 0.15) is 24.1 Å². The Labute approximate surface area is 266 Å². The molecule has 236 valence electrons. The van der Waals surface area contributed by atoms with E-state index in [1.165, 1.54) is 17.0 Å². The fourth-order valence-corrected chi connectivity index (χ4v) is 6.23. The highest BCUT2D eigenvalue weighted by molar-refractivity contribution is 7.92. The van der Waals surface area contributed by atoms with Crippen molar-refractivity contribution in [1.82, 2.24) is 10.2 Å². The summed E-state index contributed by atoms with van der Waals surface area (Å²) >= 11 is 0. The van der Waals surface area contributed by atoms with Gasteiger partial charge in [-0.25, -0.2) is 8.42 Å². The lowest BCUT2D eigenvalue weighted by Crippen LogP contribution is -2.53. The lowest BCUT2D eigenvalue weighted by molar-refractivity contribution is -0.140. The van der Waals surface area contributed by atoms with Gasteiger partial charge in [0.2, 0.25) is 11.8 Å². The van der Waals surface area contributed by atoms with Crippen LogP contribution in [0.25, 0.3) is 0 Å². The van der Waals surface area contributed by atoms with Gasteiger partial charge in [-0.2, -0.15) is 0 Å². The molecule has 0 unspecified atom stereocenters. The fourth-order valence-electron chi connectivity index (χ4n) is 4.81. The quantitative estimate of drug-likeness (QED) is 0.168. The van der Waals surface area contributed by atoms with Gasteiger partial charge in [-0.05, 0) is 80.8 Å². The first-order chi connectivity index (χ1) is 21.6.